The summed E-state index contributed by atoms with van der Waals surface area (Å²) in [5.74, 6) is 0.0530. The third-order valence-electron chi connectivity index (χ3n) is 4.86. The standard InChI is InChI=1S/C20H23N3O4/c1-12-10-13(2)21-18(24)17(12)20(26)22-8-9-23(19(25)14(22)3)15-6-5-7-16(11-15)27-4/h5-7,10-11,14H,8-9H2,1-4H3,(H,21,24)/t14-/m0/s1. The zero-order valence-corrected chi connectivity index (χ0v) is 15.9. The van der Waals surface area contributed by atoms with E-state index in [4.69, 9.17) is 4.74 Å². The van der Waals surface area contributed by atoms with Crippen molar-refractivity contribution in [2.75, 3.05) is 25.1 Å². The topological polar surface area (TPSA) is 82.7 Å². The third-order valence-corrected chi connectivity index (χ3v) is 4.86. The number of H-pyrrole nitrogens is 1. The van der Waals surface area contributed by atoms with E-state index < -0.39 is 17.5 Å². The molecule has 2 aromatic rings. The van der Waals surface area contributed by atoms with Crippen molar-refractivity contribution in [3.05, 3.63) is 57.5 Å². The quantitative estimate of drug-likeness (QED) is 0.895. The Labute approximate surface area is 157 Å². The molecule has 1 saturated heterocycles. The van der Waals surface area contributed by atoms with Gasteiger partial charge in [-0.25, -0.2) is 0 Å². The zero-order valence-electron chi connectivity index (χ0n) is 15.9. The van der Waals surface area contributed by atoms with Crippen LogP contribution in [0.5, 0.6) is 5.75 Å². The Bertz CT molecular complexity index is 950. The fourth-order valence-corrected chi connectivity index (χ4v) is 3.45. The van der Waals surface area contributed by atoms with Gasteiger partial charge >= 0.3 is 0 Å². The number of nitrogens with one attached hydrogen (secondary N) is 1. The average Bonchev–Trinajstić information content (AvgIpc) is 2.63. The molecule has 0 radical (unpaired) electrons. The maximum absolute atomic E-state index is 13.0. The van der Waals surface area contributed by atoms with E-state index in [1.54, 1.807) is 44.9 Å². The summed E-state index contributed by atoms with van der Waals surface area (Å²) in [5, 5.41) is 0. The molecular weight excluding hydrogens is 346 g/mol. The molecule has 1 aromatic heterocycles. The number of ether oxygens (including phenoxy) is 1. The van der Waals surface area contributed by atoms with E-state index in [9.17, 15) is 14.4 Å². The Morgan fingerprint density at radius 2 is 1.93 bits per heavy atom. The molecule has 1 N–H and O–H groups in total. The lowest BCUT2D eigenvalue weighted by molar-refractivity contribution is -0.124. The van der Waals surface area contributed by atoms with E-state index in [1.807, 2.05) is 18.2 Å². The molecule has 0 unspecified atom stereocenters. The highest BCUT2D eigenvalue weighted by Crippen LogP contribution is 2.25. The van der Waals surface area contributed by atoms with E-state index >= 15 is 0 Å². The summed E-state index contributed by atoms with van der Waals surface area (Å²) in [5.41, 5.74) is 1.70. The summed E-state index contributed by atoms with van der Waals surface area (Å²) < 4.78 is 5.22. The molecule has 1 aromatic carbocycles. The van der Waals surface area contributed by atoms with Crippen molar-refractivity contribution in [2.45, 2.75) is 26.8 Å². The highest BCUT2D eigenvalue weighted by molar-refractivity contribution is 6.03. The first-order valence-corrected chi connectivity index (χ1v) is 8.80. The second kappa shape index (κ2) is 7.26. The maximum Gasteiger partial charge on any atom is 0.261 e. The second-order valence-corrected chi connectivity index (χ2v) is 6.71. The van der Waals surface area contributed by atoms with Gasteiger partial charge in [0.1, 0.15) is 17.4 Å². The molecule has 2 amide bonds. The minimum atomic E-state index is -0.669. The van der Waals surface area contributed by atoms with Crippen molar-refractivity contribution in [3.63, 3.8) is 0 Å². The Morgan fingerprint density at radius 3 is 2.59 bits per heavy atom. The van der Waals surface area contributed by atoms with Gasteiger partial charge in [-0.15, -0.1) is 0 Å². The van der Waals surface area contributed by atoms with Crippen LogP contribution in [0.3, 0.4) is 0 Å². The minimum Gasteiger partial charge on any atom is -0.497 e. The maximum atomic E-state index is 13.0. The molecule has 3 rings (SSSR count). The lowest BCUT2D eigenvalue weighted by Crippen LogP contribution is -2.58. The zero-order chi connectivity index (χ0) is 19.7. The number of hydrogen-bond donors (Lipinski definition) is 1. The van der Waals surface area contributed by atoms with Crippen molar-refractivity contribution in [2.24, 2.45) is 0 Å². The summed E-state index contributed by atoms with van der Waals surface area (Å²) in [4.78, 5) is 43.9. The van der Waals surface area contributed by atoms with Crippen LogP contribution in [0.2, 0.25) is 0 Å². The van der Waals surface area contributed by atoms with Crippen LogP contribution in [0.15, 0.2) is 35.1 Å². The normalized spacial score (nSPS) is 17.2. The second-order valence-electron chi connectivity index (χ2n) is 6.71. The Kier molecular flexibility index (Phi) is 5.03. The third kappa shape index (κ3) is 3.45. The number of carbonyl (C=O) groups excluding carboxylic acids is 2. The molecule has 0 spiro atoms. The Hall–Kier alpha value is -3.09. The molecule has 2 heterocycles. The van der Waals surface area contributed by atoms with E-state index in [2.05, 4.69) is 4.98 Å². The number of hydrogen-bond acceptors (Lipinski definition) is 4. The molecule has 1 fully saturated rings. The number of aromatic nitrogens is 1. The Balaban J connectivity index is 1.86. The van der Waals surface area contributed by atoms with Crippen LogP contribution < -0.4 is 15.2 Å². The monoisotopic (exact) mass is 369 g/mol. The number of rotatable bonds is 3. The van der Waals surface area contributed by atoms with Gasteiger partial charge in [0.15, 0.2) is 0 Å². The smallest absolute Gasteiger partial charge is 0.261 e. The van der Waals surface area contributed by atoms with Crippen LogP contribution in [-0.4, -0.2) is 47.9 Å². The predicted octanol–water partition coefficient (Wildman–Crippen LogP) is 1.88. The summed E-state index contributed by atoms with van der Waals surface area (Å²) >= 11 is 0. The van der Waals surface area contributed by atoms with Crippen LogP contribution in [-0.2, 0) is 4.79 Å². The SMILES string of the molecule is COc1cccc(N2CCN(C(=O)c3c(C)cc(C)[nH]c3=O)[C@@H](C)C2=O)c1. The summed E-state index contributed by atoms with van der Waals surface area (Å²) in [7, 11) is 1.57. The van der Waals surface area contributed by atoms with E-state index in [0.717, 1.165) is 5.69 Å². The average molecular weight is 369 g/mol. The van der Waals surface area contributed by atoms with Crippen LogP contribution in [0.25, 0.3) is 0 Å². The summed E-state index contributed by atoms with van der Waals surface area (Å²) in [6, 6.07) is 8.34. The molecule has 1 atom stereocenters. The first kappa shape index (κ1) is 18.7. The molecule has 7 nitrogen and oxygen atoms in total. The predicted molar refractivity (Wildman–Crippen MR) is 102 cm³/mol. The van der Waals surface area contributed by atoms with Crippen molar-refractivity contribution >= 4 is 17.5 Å². The first-order valence-electron chi connectivity index (χ1n) is 8.80. The molecule has 1 aliphatic heterocycles. The van der Waals surface area contributed by atoms with Crippen LogP contribution in [0.4, 0.5) is 5.69 Å². The van der Waals surface area contributed by atoms with Crippen LogP contribution >= 0.6 is 0 Å². The van der Waals surface area contributed by atoms with Gasteiger partial charge in [0.2, 0.25) is 5.91 Å². The molecule has 0 aliphatic carbocycles. The molecule has 0 bridgehead atoms. The molecule has 0 saturated carbocycles. The number of methoxy groups -OCH3 is 1. The van der Waals surface area contributed by atoms with Gasteiger partial charge in [0.25, 0.3) is 11.5 Å². The highest BCUT2D eigenvalue weighted by atomic mass is 16.5. The highest BCUT2D eigenvalue weighted by Gasteiger charge is 2.36. The van der Waals surface area contributed by atoms with Gasteiger partial charge in [-0.05, 0) is 44.5 Å². The largest absolute Gasteiger partial charge is 0.497 e. The summed E-state index contributed by atoms with van der Waals surface area (Å²) in [6.07, 6.45) is 0. The van der Waals surface area contributed by atoms with Gasteiger partial charge in [-0.3, -0.25) is 14.4 Å². The minimum absolute atomic E-state index is 0.0927. The van der Waals surface area contributed by atoms with Gasteiger partial charge in [0, 0.05) is 30.5 Å². The number of piperazine rings is 1. The molecule has 1 aliphatic rings. The van der Waals surface area contributed by atoms with Crippen molar-refractivity contribution < 1.29 is 14.3 Å². The fraction of sp³-hybridized carbons (Fsp3) is 0.350. The van der Waals surface area contributed by atoms with E-state index in [0.29, 0.717) is 30.1 Å². The Morgan fingerprint density at radius 1 is 1.19 bits per heavy atom. The van der Waals surface area contributed by atoms with Crippen LogP contribution in [0, 0.1) is 13.8 Å². The van der Waals surface area contributed by atoms with Gasteiger partial charge < -0.3 is 19.5 Å². The number of aromatic amines is 1. The number of nitrogens with zero attached hydrogens (tertiary/aromatic N) is 2. The van der Waals surface area contributed by atoms with Gasteiger partial charge in [-0.1, -0.05) is 6.07 Å². The fourth-order valence-electron chi connectivity index (χ4n) is 3.45. The summed E-state index contributed by atoms with van der Waals surface area (Å²) in [6.45, 7) is 5.88. The molecular formula is C20H23N3O4. The number of carbonyl (C=O) groups is 2. The van der Waals surface area contributed by atoms with Crippen molar-refractivity contribution in [3.8, 4) is 5.75 Å². The van der Waals surface area contributed by atoms with Crippen molar-refractivity contribution in [1.29, 1.82) is 0 Å². The van der Waals surface area contributed by atoms with Gasteiger partial charge in [-0.2, -0.15) is 0 Å². The van der Waals surface area contributed by atoms with Crippen LogP contribution in [0.1, 0.15) is 28.5 Å². The number of amides is 2. The van der Waals surface area contributed by atoms with Crippen molar-refractivity contribution in [1.82, 2.24) is 9.88 Å². The number of pyridine rings is 1. The lowest BCUT2D eigenvalue weighted by atomic mass is 10.1. The van der Waals surface area contributed by atoms with Gasteiger partial charge in [0.05, 0.1) is 7.11 Å². The number of aryl methyl sites for hydroxylation is 2. The molecule has 27 heavy (non-hydrogen) atoms. The number of anilines is 1. The van der Waals surface area contributed by atoms with E-state index in [-0.39, 0.29) is 11.5 Å². The number of benzene rings is 1. The van der Waals surface area contributed by atoms with E-state index in [1.165, 1.54) is 4.90 Å². The molecule has 142 valence electrons. The first-order chi connectivity index (χ1) is 12.8. The lowest BCUT2D eigenvalue weighted by Gasteiger charge is -2.39. The molecule has 7 heteroatoms.